The molecule has 1 aliphatic carbocycles. The van der Waals surface area contributed by atoms with Gasteiger partial charge >= 0.3 is 0 Å². The molecule has 0 bridgehead atoms. The third-order valence-corrected chi connectivity index (χ3v) is 4.16. The minimum absolute atomic E-state index is 0.350. The van der Waals surface area contributed by atoms with E-state index in [1.54, 1.807) is 0 Å². The van der Waals surface area contributed by atoms with Gasteiger partial charge in [-0.3, -0.25) is 4.72 Å². The molecule has 0 aliphatic heterocycles. The van der Waals surface area contributed by atoms with E-state index in [4.69, 9.17) is 0 Å². The van der Waals surface area contributed by atoms with E-state index in [1.165, 1.54) is 16.7 Å². The molecule has 2 atom stereocenters. The topological polar surface area (TPSA) is 12.0 Å². The van der Waals surface area contributed by atoms with E-state index in [0.29, 0.717) is 12.0 Å². The van der Waals surface area contributed by atoms with Crippen molar-refractivity contribution in [2.45, 2.75) is 24.8 Å². The largest absolute Gasteiger partial charge is 0.259 e. The Labute approximate surface area is 114 Å². The molecule has 0 heterocycles. The summed E-state index contributed by atoms with van der Waals surface area (Å²) in [5.41, 5.74) is 4.28. The van der Waals surface area contributed by atoms with Crippen LogP contribution in [0, 0.1) is 0 Å². The van der Waals surface area contributed by atoms with Gasteiger partial charge in [0.2, 0.25) is 0 Å². The van der Waals surface area contributed by atoms with Gasteiger partial charge in [-0.15, -0.1) is 0 Å². The summed E-state index contributed by atoms with van der Waals surface area (Å²) in [6.07, 6.45) is 2.25. The van der Waals surface area contributed by atoms with Gasteiger partial charge in [0, 0.05) is 6.04 Å². The van der Waals surface area contributed by atoms with Crippen LogP contribution in [-0.2, 0) is 6.42 Å². The first kappa shape index (κ1) is 11.8. The highest BCUT2D eigenvalue weighted by Crippen LogP contribution is 2.38. The highest BCUT2D eigenvalue weighted by atomic mass is 32.1. The molecule has 18 heavy (non-hydrogen) atoms. The molecule has 0 spiro atoms. The molecule has 3 rings (SSSR count). The fourth-order valence-corrected chi connectivity index (χ4v) is 3.17. The van der Waals surface area contributed by atoms with Gasteiger partial charge in [-0.05, 0) is 35.4 Å². The second-order valence-electron chi connectivity index (χ2n) is 4.93. The summed E-state index contributed by atoms with van der Waals surface area (Å²) < 4.78 is 3.15. The van der Waals surface area contributed by atoms with Gasteiger partial charge < -0.3 is 0 Å². The summed E-state index contributed by atoms with van der Waals surface area (Å²) in [6.45, 7) is 0. The van der Waals surface area contributed by atoms with E-state index in [-0.39, 0.29) is 0 Å². The Morgan fingerprint density at radius 2 is 1.67 bits per heavy atom. The van der Waals surface area contributed by atoms with Crippen LogP contribution in [0.2, 0.25) is 0 Å². The molecular formula is C16H17NS. The molecule has 1 nitrogen and oxygen atoms in total. The molecule has 0 saturated carbocycles. The van der Waals surface area contributed by atoms with Crippen LogP contribution in [0.15, 0.2) is 54.6 Å². The third-order valence-electron chi connectivity index (χ3n) is 3.84. The first-order chi connectivity index (χ1) is 8.88. The van der Waals surface area contributed by atoms with Gasteiger partial charge in [-0.25, -0.2) is 0 Å². The number of benzene rings is 2. The van der Waals surface area contributed by atoms with Gasteiger partial charge in [0.05, 0.1) is 0 Å². The van der Waals surface area contributed by atoms with Crippen molar-refractivity contribution in [2.75, 3.05) is 0 Å². The zero-order chi connectivity index (χ0) is 12.4. The second-order valence-corrected chi connectivity index (χ2v) is 5.19. The van der Waals surface area contributed by atoms with Crippen molar-refractivity contribution >= 4 is 12.8 Å². The second kappa shape index (κ2) is 5.17. The Kier molecular flexibility index (Phi) is 3.39. The minimum Gasteiger partial charge on any atom is -0.259 e. The van der Waals surface area contributed by atoms with Gasteiger partial charge in [0.1, 0.15) is 0 Å². The van der Waals surface area contributed by atoms with Gasteiger partial charge in [-0.2, -0.15) is 0 Å². The van der Waals surface area contributed by atoms with Crippen LogP contribution in [-0.4, -0.2) is 0 Å². The lowest BCUT2D eigenvalue weighted by molar-refractivity contribution is 0.485. The normalized spacial score (nSPS) is 22.5. The molecule has 0 amide bonds. The van der Waals surface area contributed by atoms with Crippen molar-refractivity contribution in [1.82, 2.24) is 4.72 Å². The summed E-state index contributed by atoms with van der Waals surface area (Å²) >= 11 is 4.29. The number of hydrogen-bond donors (Lipinski definition) is 2. The zero-order valence-electron chi connectivity index (χ0n) is 10.2. The molecule has 92 valence electrons. The van der Waals surface area contributed by atoms with E-state index in [0.717, 1.165) is 12.8 Å². The molecular weight excluding hydrogens is 238 g/mol. The molecule has 2 aromatic carbocycles. The summed E-state index contributed by atoms with van der Waals surface area (Å²) in [5.74, 6) is 0.589. The highest BCUT2D eigenvalue weighted by Gasteiger charge is 2.26. The van der Waals surface area contributed by atoms with Crippen LogP contribution in [0.5, 0.6) is 0 Å². The molecule has 1 aliphatic rings. The maximum absolute atomic E-state index is 4.29. The highest BCUT2D eigenvalue weighted by molar-refractivity contribution is 7.78. The molecule has 0 saturated heterocycles. The molecule has 0 fully saturated rings. The smallest absolute Gasteiger partial charge is 0.0427 e. The van der Waals surface area contributed by atoms with Crippen LogP contribution in [0.4, 0.5) is 0 Å². The number of nitrogens with one attached hydrogen (secondary N) is 1. The lowest BCUT2D eigenvalue weighted by atomic mass is 9.78. The number of rotatable bonds is 2. The van der Waals surface area contributed by atoms with Gasteiger partial charge in [0.25, 0.3) is 0 Å². The van der Waals surface area contributed by atoms with E-state index in [9.17, 15) is 0 Å². The van der Waals surface area contributed by atoms with Crippen molar-refractivity contribution in [1.29, 1.82) is 0 Å². The molecule has 2 heteroatoms. The Hall–Kier alpha value is -1.25. The summed E-state index contributed by atoms with van der Waals surface area (Å²) in [6, 6.07) is 19.8. The van der Waals surface area contributed by atoms with Crippen molar-refractivity contribution in [3.63, 3.8) is 0 Å². The zero-order valence-corrected chi connectivity index (χ0v) is 11.1. The van der Waals surface area contributed by atoms with Gasteiger partial charge in [-0.1, -0.05) is 67.4 Å². The van der Waals surface area contributed by atoms with Crippen LogP contribution in [0.3, 0.4) is 0 Å². The fraction of sp³-hybridized carbons (Fsp3) is 0.250. The van der Waals surface area contributed by atoms with Gasteiger partial charge in [0.15, 0.2) is 0 Å². The molecule has 0 radical (unpaired) electrons. The van der Waals surface area contributed by atoms with Crippen LogP contribution in [0.1, 0.15) is 35.1 Å². The standard InChI is InChI=1S/C16H17NS/c18-17-16-11-14(12-6-2-1-3-7-12)10-13-8-4-5-9-15(13)16/h1-9,14,16-18H,10-11H2/t14-,16?/m1/s1. The number of thiol groups is 1. The lowest BCUT2D eigenvalue weighted by Gasteiger charge is -2.31. The Morgan fingerprint density at radius 1 is 0.944 bits per heavy atom. The molecule has 1 N–H and O–H groups in total. The monoisotopic (exact) mass is 255 g/mol. The van der Waals surface area contributed by atoms with Crippen LogP contribution in [0.25, 0.3) is 0 Å². The first-order valence-corrected chi connectivity index (χ1v) is 6.85. The predicted octanol–water partition coefficient (Wildman–Crippen LogP) is 3.89. The van der Waals surface area contributed by atoms with E-state index < -0.39 is 0 Å². The van der Waals surface area contributed by atoms with Crippen LogP contribution >= 0.6 is 12.8 Å². The van der Waals surface area contributed by atoms with E-state index in [1.807, 2.05) is 0 Å². The van der Waals surface area contributed by atoms with Crippen molar-refractivity contribution in [3.05, 3.63) is 71.3 Å². The average molecular weight is 255 g/mol. The minimum atomic E-state index is 0.350. The average Bonchev–Trinajstić information content (AvgIpc) is 2.47. The van der Waals surface area contributed by atoms with Crippen molar-refractivity contribution in [2.24, 2.45) is 0 Å². The SMILES string of the molecule is SNC1C[C@H](c2ccccc2)Cc2ccccc21. The third kappa shape index (κ3) is 2.18. The first-order valence-electron chi connectivity index (χ1n) is 6.41. The fourth-order valence-electron chi connectivity index (χ4n) is 2.92. The maximum atomic E-state index is 4.29. The Balaban J connectivity index is 1.95. The summed E-state index contributed by atoms with van der Waals surface area (Å²) in [5, 5.41) is 0. The van der Waals surface area contributed by atoms with Crippen molar-refractivity contribution in [3.8, 4) is 0 Å². The molecule has 2 aromatic rings. The number of hydrogen-bond acceptors (Lipinski definition) is 2. The maximum Gasteiger partial charge on any atom is 0.0427 e. The lowest BCUT2D eigenvalue weighted by Crippen LogP contribution is -2.23. The Bertz CT molecular complexity index is 524. The molecule has 1 unspecified atom stereocenters. The summed E-state index contributed by atoms with van der Waals surface area (Å²) in [7, 11) is 0. The van der Waals surface area contributed by atoms with E-state index in [2.05, 4.69) is 72.1 Å². The van der Waals surface area contributed by atoms with E-state index >= 15 is 0 Å². The van der Waals surface area contributed by atoms with Crippen molar-refractivity contribution < 1.29 is 0 Å². The summed E-state index contributed by atoms with van der Waals surface area (Å²) in [4.78, 5) is 0. The predicted molar refractivity (Wildman–Crippen MR) is 78.8 cm³/mol. The quantitative estimate of drug-likeness (QED) is 0.776. The molecule has 0 aromatic heterocycles. The Morgan fingerprint density at radius 3 is 2.44 bits per heavy atom. The van der Waals surface area contributed by atoms with Crippen LogP contribution < -0.4 is 4.72 Å². The number of fused-ring (bicyclic) bond motifs is 1.